The Balaban J connectivity index is 1.13. The van der Waals surface area contributed by atoms with Crippen LogP contribution >= 0.6 is 23.5 Å². The normalized spacial score (nSPS) is 24.5. The van der Waals surface area contributed by atoms with Gasteiger partial charge in [0.25, 0.3) is 0 Å². The summed E-state index contributed by atoms with van der Waals surface area (Å²) in [6.45, 7) is 6.41. The third kappa shape index (κ3) is 19.3. The van der Waals surface area contributed by atoms with Crippen LogP contribution in [0.2, 0.25) is 0 Å². The molecule has 2 fully saturated rings. The van der Waals surface area contributed by atoms with Crippen LogP contribution in [0.4, 0.5) is 5.69 Å². The molecule has 2 saturated heterocycles. The van der Waals surface area contributed by atoms with Crippen molar-refractivity contribution in [3.05, 3.63) is 59.7 Å². The first-order valence-corrected chi connectivity index (χ1v) is 33.6. The van der Waals surface area contributed by atoms with Gasteiger partial charge in [-0.25, -0.2) is 0 Å². The quantitative estimate of drug-likeness (QED) is 0.0522. The molecule has 5 heterocycles. The first kappa shape index (κ1) is 73.7. The van der Waals surface area contributed by atoms with Crippen LogP contribution in [0.1, 0.15) is 84.8 Å². The minimum Gasteiger partial charge on any atom is -0.394 e. The average Bonchev–Trinajstić information content (AvgIpc) is 1.77. The Labute approximate surface area is 555 Å². The molecule has 4 aliphatic rings. The lowest BCUT2D eigenvalue weighted by Crippen LogP contribution is -2.62. The van der Waals surface area contributed by atoms with Gasteiger partial charge in [-0.3, -0.25) is 72.0 Å². The van der Waals surface area contributed by atoms with Crippen LogP contribution in [0.5, 0.6) is 0 Å². The van der Waals surface area contributed by atoms with Crippen molar-refractivity contribution >= 4 is 123 Å². The SMILES string of the molecule is CC[C@H](C)[C@@H]1NC(=O)CNC(=O)[C@H]2Cc3c([nH]c4ccccc34)SC[C@H](NC(=O)CNC1=O)C(=O)N[C@@H](CC(=O)NCc1ccc(NC(=O)[C@H](C)NC(=O)C(NC(=O)CCN3C(=O)CC(SC)C3=O)C(C)C)cc1)C(=O)N1C[C@H](O)C[C@H]1C(=O)N[C@@H]([C@@H](C)[C@@H](O)CO)C(=O)N2. The first-order chi connectivity index (χ1) is 45.1. The Hall–Kier alpha value is -8.66. The van der Waals surface area contributed by atoms with Gasteiger partial charge in [-0.2, -0.15) is 11.8 Å². The molecule has 2 bridgehead atoms. The molecule has 0 radical (unpaired) electrons. The van der Waals surface area contributed by atoms with Gasteiger partial charge in [-0.1, -0.05) is 71.4 Å². The molecule has 2 unspecified atom stereocenters. The highest BCUT2D eigenvalue weighted by Gasteiger charge is 2.46. The predicted molar refractivity (Wildman–Crippen MR) is 345 cm³/mol. The average molecular weight is 1360 g/mol. The number of aromatic nitrogens is 1. The van der Waals surface area contributed by atoms with Crippen molar-refractivity contribution in [3.63, 3.8) is 0 Å². The summed E-state index contributed by atoms with van der Waals surface area (Å²) in [6.07, 6.45) is -2.70. The number of aliphatic hydroxyl groups excluding tert-OH is 3. The molecule has 2 aromatic carbocycles. The molecule has 0 aliphatic carbocycles. The Kier molecular flexibility index (Phi) is 26.1. The van der Waals surface area contributed by atoms with E-state index < -0.39 is 194 Å². The van der Waals surface area contributed by atoms with Crippen molar-refractivity contribution in [2.24, 2.45) is 17.8 Å². The third-order valence-electron chi connectivity index (χ3n) is 17.1. The Morgan fingerprint density at radius 2 is 1.42 bits per heavy atom. The second-order valence-corrected chi connectivity index (χ2v) is 26.4. The number of fused-ring (bicyclic) bond motifs is 5. The van der Waals surface area contributed by atoms with Gasteiger partial charge in [0.1, 0.15) is 48.3 Å². The maximum atomic E-state index is 15.0. The van der Waals surface area contributed by atoms with Gasteiger partial charge in [0.05, 0.1) is 48.6 Å². The summed E-state index contributed by atoms with van der Waals surface area (Å²) >= 11 is 2.23. The fraction of sp³-hybridized carbons (Fsp3) is 0.548. The number of nitrogens with one attached hydrogen (secondary N) is 12. The summed E-state index contributed by atoms with van der Waals surface area (Å²) in [5.41, 5.74) is 1.69. The van der Waals surface area contributed by atoms with Crippen molar-refractivity contribution in [2.45, 2.75) is 157 Å². The Morgan fingerprint density at radius 3 is 2.08 bits per heavy atom. The monoisotopic (exact) mass is 1360 g/mol. The molecule has 13 atom stereocenters. The van der Waals surface area contributed by atoms with Crippen molar-refractivity contribution in [3.8, 4) is 0 Å². The van der Waals surface area contributed by atoms with Gasteiger partial charge in [-0.15, -0.1) is 11.8 Å². The van der Waals surface area contributed by atoms with E-state index in [-0.39, 0.29) is 55.6 Å². The molecule has 95 heavy (non-hydrogen) atoms. The van der Waals surface area contributed by atoms with Gasteiger partial charge < -0.3 is 83.7 Å². The molecule has 1 aromatic heterocycles. The summed E-state index contributed by atoms with van der Waals surface area (Å²) in [4.78, 5) is 199. The van der Waals surface area contributed by atoms with Crippen LogP contribution in [0.25, 0.3) is 10.9 Å². The van der Waals surface area contributed by atoms with Gasteiger partial charge in [0, 0.05) is 73.6 Å². The van der Waals surface area contributed by atoms with Crippen LogP contribution in [-0.2, 0) is 80.1 Å². The van der Waals surface area contributed by atoms with Crippen molar-refractivity contribution in [1.82, 2.24) is 68.0 Å². The van der Waals surface area contributed by atoms with E-state index in [1.165, 1.54) is 37.7 Å². The minimum absolute atomic E-state index is 0.0409. The highest BCUT2D eigenvalue weighted by molar-refractivity contribution is 8.00. The number of hydrogen-bond acceptors (Lipinski definition) is 19. The van der Waals surface area contributed by atoms with Crippen molar-refractivity contribution in [2.75, 3.05) is 50.1 Å². The number of aliphatic hydroxyl groups is 3. The van der Waals surface area contributed by atoms with Crippen molar-refractivity contribution < 1.29 is 82.4 Å². The number of amides is 14. The molecule has 0 saturated carbocycles. The van der Waals surface area contributed by atoms with E-state index in [0.29, 0.717) is 33.5 Å². The summed E-state index contributed by atoms with van der Waals surface area (Å²) in [5.74, 6) is -13.6. The van der Waals surface area contributed by atoms with Crippen LogP contribution in [0.3, 0.4) is 0 Å². The second-order valence-electron chi connectivity index (χ2n) is 24.3. The van der Waals surface area contributed by atoms with Gasteiger partial charge in [0.2, 0.25) is 82.7 Å². The molecule has 31 nitrogen and oxygen atoms in total. The summed E-state index contributed by atoms with van der Waals surface area (Å²) in [5, 5.41) is 61.1. The zero-order chi connectivity index (χ0) is 69.5. The number of aromatic amines is 1. The van der Waals surface area contributed by atoms with Crippen LogP contribution in [0.15, 0.2) is 53.6 Å². The molecule has 7 rings (SSSR count). The largest absolute Gasteiger partial charge is 0.394 e. The number of likely N-dealkylation sites (tertiary alicyclic amines) is 1. The van der Waals surface area contributed by atoms with Crippen LogP contribution < -0.4 is 58.5 Å². The fourth-order valence-electron chi connectivity index (χ4n) is 11.2. The molecule has 15 N–H and O–H groups in total. The lowest BCUT2D eigenvalue weighted by atomic mass is 9.93. The van der Waals surface area contributed by atoms with Crippen molar-refractivity contribution in [1.29, 1.82) is 0 Å². The number of carbonyl (C=O) groups excluding carboxylic acids is 14. The molecule has 14 amide bonds. The second kappa shape index (κ2) is 33.6. The number of nitrogens with zero attached hydrogens (tertiary/aromatic N) is 2. The zero-order valence-electron chi connectivity index (χ0n) is 53.7. The van der Waals surface area contributed by atoms with E-state index in [2.05, 4.69) is 63.5 Å². The lowest BCUT2D eigenvalue weighted by molar-refractivity contribution is -0.144. The predicted octanol–water partition coefficient (Wildman–Crippen LogP) is -3.35. The van der Waals surface area contributed by atoms with Gasteiger partial charge >= 0.3 is 0 Å². The van der Waals surface area contributed by atoms with E-state index in [1.807, 2.05) is 0 Å². The maximum absolute atomic E-state index is 15.0. The van der Waals surface area contributed by atoms with Crippen LogP contribution in [0, 0.1) is 17.8 Å². The first-order valence-electron chi connectivity index (χ1n) is 31.3. The number of thioether (sulfide) groups is 2. The Bertz CT molecular complexity index is 3410. The number of rotatable bonds is 19. The summed E-state index contributed by atoms with van der Waals surface area (Å²) in [7, 11) is 0. The number of benzene rings is 2. The standard InChI is InChI=1S/C62H84N14O17S2/c1-8-30(4)51-57(89)65-24-47(82)68-41-28-95-60-37(36-11-9-10-12-38(36)71-60)20-39(54(86)64-25-48(83)73-51)69-59(91)52(31(5)43(79)27-77)74-56(88)42-19-35(78)26-76(42)61(92)40(70-55(41)87)21-46(81)63-23-33-13-15-34(16-14-33)67-53(85)32(6)66-58(90)50(29(2)3)72-45(80)17-18-75-49(84)22-44(94-7)62(75)93/h9-16,29-32,35,39-44,50-52,71,77-79H,8,17-28H2,1-7H3,(H,63,81)(H,64,86)(H,65,89)(H,66,90)(H,67,85)(H,68,82)(H,69,91)(H,70,87)(H,72,80)(H,73,83)(H,74,88)/t30-,31-,32-,35+,39+,40-,41-,42-,43-,44?,50?,51-,52-/m0/s1. The molecular formula is C62H84N14O17S2. The molecule has 4 aliphatic heterocycles. The van der Waals surface area contributed by atoms with E-state index in [9.17, 15) is 77.6 Å². The number of H-pyrrole nitrogens is 1. The minimum atomic E-state index is -1.84. The summed E-state index contributed by atoms with van der Waals surface area (Å²) in [6, 6.07) is 1.22. The number of anilines is 1. The number of imide groups is 1. The van der Waals surface area contributed by atoms with Gasteiger partial charge in [0.15, 0.2) is 0 Å². The number of carbonyl (C=O) groups is 14. The molecule has 33 heteroatoms. The number of para-hydroxylation sites is 1. The Morgan fingerprint density at radius 1 is 0.737 bits per heavy atom. The smallest absolute Gasteiger partial charge is 0.246 e. The van der Waals surface area contributed by atoms with E-state index in [4.69, 9.17) is 0 Å². The molecular weight excluding hydrogens is 1280 g/mol. The van der Waals surface area contributed by atoms with Gasteiger partial charge in [-0.05, 0) is 54.3 Å². The van der Waals surface area contributed by atoms with E-state index >= 15 is 4.79 Å². The summed E-state index contributed by atoms with van der Waals surface area (Å²) < 4.78 is 0. The molecule has 0 spiro atoms. The zero-order valence-corrected chi connectivity index (χ0v) is 55.3. The van der Waals surface area contributed by atoms with Crippen LogP contribution in [-0.4, -0.2) is 223 Å². The van der Waals surface area contributed by atoms with E-state index in [1.54, 1.807) is 70.3 Å². The molecule has 3 aromatic rings. The topological polar surface area (TPSA) is 454 Å². The lowest BCUT2D eigenvalue weighted by Gasteiger charge is -2.33. The highest BCUT2D eigenvalue weighted by Crippen LogP contribution is 2.32. The number of hydrogen-bond donors (Lipinski definition) is 15. The molecule has 516 valence electrons. The van der Waals surface area contributed by atoms with E-state index in [0.717, 1.165) is 21.6 Å². The maximum Gasteiger partial charge on any atom is 0.246 e. The third-order valence-corrected chi connectivity index (χ3v) is 19.1. The fourth-order valence-corrected chi connectivity index (χ4v) is 12.9. The highest BCUT2D eigenvalue weighted by atomic mass is 32.2.